The number of anilines is 1. The summed E-state index contributed by atoms with van der Waals surface area (Å²) in [6.07, 6.45) is 1.70. The molecule has 1 amide bonds. The van der Waals surface area contributed by atoms with Gasteiger partial charge in [-0.3, -0.25) is 14.9 Å². The largest absolute Gasteiger partial charge is 0.368 e. The normalized spacial score (nSPS) is 14.0. The molecule has 2 aromatic heterocycles. The van der Waals surface area contributed by atoms with Crippen LogP contribution in [0, 0.1) is 17.0 Å². The molecule has 4 aromatic rings. The van der Waals surface area contributed by atoms with Gasteiger partial charge < -0.3 is 9.80 Å². The molecule has 5 rings (SSSR count). The number of aromatic nitrogens is 3. The summed E-state index contributed by atoms with van der Waals surface area (Å²) in [6, 6.07) is 16.6. The van der Waals surface area contributed by atoms with E-state index < -0.39 is 4.92 Å². The van der Waals surface area contributed by atoms with Gasteiger partial charge in [0.05, 0.1) is 21.9 Å². The van der Waals surface area contributed by atoms with Crippen LogP contribution < -0.4 is 4.90 Å². The van der Waals surface area contributed by atoms with Gasteiger partial charge in [0.25, 0.3) is 11.6 Å². The molecule has 1 saturated heterocycles. The number of carbonyl (C=O) groups is 1. The second-order valence-corrected chi connectivity index (χ2v) is 9.33. The van der Waals surface area contributed by atoms with Crippen LogP contribution in [0.15, 0.2) is 60.8 Å². The minimum absolute atomic E-state index is 0.0501. The molecular formula is C27H28N6O3. The summed E-state index contributed by atoms with van der Waals surface area (Å²) in [6.45, 7) is 8.51. The number of amides is 1. The Labute approximate surface area is 209 Å². The Morgan fingerprint density at radius 1 is 1.00 bits per heavy atom. The van der Waals surface area contributed by atoms with E-state index >= 15 is 0 Å². The van der Waals surface area contributed by atoms with Gasteiger partial charge in [-0.05, 0) is 30.5 Å². The molecule has 2 aromatic carbocycles. The maximum atomic E-state index is 13.6. The smallest absolute Gasteiger partial charge is 0.269 e. The first kappa shape index (κ1) is 23.5. The van der Waals surface area contributed by atoms with Crippen LogP contribution in [0.3, 0.4) is 0 Å². The zero-order valence-corrected chi connectivity index (χ0v) is 20.6. The molecule has 0 unspecified atom stereocenters. The zero-order valence-electron chi connectivity index (χ0n) is 20.6. The van der Waals surface area contributed by atoms with Crippen molar-refractivity contribution in [2.75, 3.05) is 31.1 Å². The van der Waals surface area contributed by atoms with Crippen molar-refractivity contribution in [1.29, 1.82) is 0 Å². The Morgan fingerprint density at radius 3 is 2.28 bits per heavy atom. The topological polar surface area (TPSA) is 96.9 Å². The number of hydrogen-bond acceptors (Lipinski definition) is 6. The van der Waals surface area contributed by atoms with E-state index in [0.29, 0.717) is 31.7 Å². The Morgan fingerprint density at radius 2 is 1.67 bits per heavy atom. The fourth-order valence-electron chi connectivity index (χ4n) is 4.89. The number of carbonyl (C=O) groups excluding carboxylic acids is 1. The molecule has 0 spiro atoms. The van der Waals surface area contributed by atoms with Gasteiger partial charge in [-0.2, -0.15) is 5.10 Å². The fourth-order valence-corrected chi connectivity index (χ4v) is 4.89. The van der Waals surface area contributed by atoms with Gasteiger partial charge in [0.2, 0.25) is 0 Å². The van der Waals surface area contributed by atoms with Crippen molar-refractivity contribution in [2.45, 2.75) is 26.7 Å². The molecule has 1 aliphatic rings. The number of aryl methyl sites for hydroxylation is 1. The molecule has 0 bridgehead atoms. The molecule has 0 N–H and O–H groups in total. The van der Waals surface area contributed by atoms with Crippen molar-refractivity contribution in [3.05, 3.63) is 87.9 Å². The van der Waals surface area contributed by atoms with Gasteiger partial charge in [-0.1, -0.05) is 44.2 Å². The SMILES string of the molecule is Cc1nn2c(C(C)C)c(C(=O)N3CCN(c4ccc([N+](=O)[O-])cc4)CC3)cnc2c1-c1ccccc1. The first-order chi connectivity index (χ1) is 17.3. The third-order valence-corrected chi connectivity index (χ3v) is 6.69. The highest BCUT2D eigenvalue weighted by Gasteiger charge is 2.28. The highest BCUT2D eigenvalue weighted by Crippen LogP contribution is 2.31. The molecule has 9 nitrogen and oxygen atoms in total. The van der Waals surface area contributed by atoms with Crippen molar-refractivity contribution < 1.29 is 9.72 Å². The van der Waals surface area contributed by atoms with Gasteiger partial charge in [-0.25, -0.2) is 9.50 Å². The van der Waals surface area contributed by atoms with Crippen molar-refractivity contribution in [1.82, 2.24) is 19.5 Å². The van der Waals surface area contributed by atoms with Crippen molar-refractivity contribution >= 4 is 22.9 Å². The molecule has 1 fully saturated rings. The quantitative estimate of drug-likeness (QED) is 0.301. The fraction of sp³-hybridized carbons (Fsp3) is 0.296. The first-order valence-electron chi connectivity index (χ1n) is 12.1. The number of rotatable bonds is 5. The van der Waals surface area contributed by atoms with Crippen LogP contribution >= 0.6 is 0 Å². The number of piperazine rings is 1. The van der Waals surface area contributed by atoms with Crippen LogP contribution in [0.2, 0.25) is 0 Å². The van der Waals surface area contributed by atoms with E-state index in [-0.39, 0.29) is 17.5 Å². The monoisotopic (exact) mass is 484 g/mol. The number of nitro groups is 1. The molecule has 0 radical (unpaired) electrons. The highest BCUT2D eigenvalue weighted by atomic mass is 16.6. The summed E-state index contributed by atoms with van der Waals surface area (Å²) in [5.41, 5.74) is 6.07. The first-order valence-corrected chi connectivity index (χ1v) is 12.1. The van der Waals surface area contributed by atoms with Crippen LogP contribution in [0.1, 0.15) is 41.5 Å². The summed E-state index contributed by atoms with van der Waals surface area (Å²) >= 11 is 0. The van der Waals surface area contributed by atoms with E-state index in [2.05, 4.69) is 18.7 Å². The highest BCUT2D eigenvalue weighted by molar-refractivity contribution is 5.96. The Kier molecular flexibility index (Phi) is 6.13. The lowest BCUT2D eigenvalue weighted by Crippen LogP contribution is -2.49. The van der Waals surface area contributed by atoms with E-state index in [1.807, 2.05) is 46.7 Å². The molecule has 9 heteroatoms. The predicted octanol–water partition coefficient (Wildman–Crippen LogP) is 4.70. The molecule has 0 atom stereocenters. The number of nitro benzene ring substituents is 1. The summed E-state index contributed by atoms with van der Waals surface area (Å²) in [7, 11) is 0. The molecule has 0 saturated carbocycles. The van der Waals surface area contributed by atoms with Gasteiger partial charge in [0.15, 0.2) is 5.65 Å². The molecule has 0 aliphatic carbocycles. The second-order valence-electron chi connectivity index (χ2n) is 9.33. The Balaban J connectivity index is 1.41. The van der Waals surface area contributed by atoms with Crippen molar-refractivity contribution in [3.8, 4) is 11.1 Å². The zero-order chi connectivity index (χ0) is 25.4. The number of benzene rings is 2. The van der Waals surface area contributed by atoms with Gasteiger partial charge in [-0.15, -0.1) is 0 Å². The summed E-state index contributed by atoms with van der Waals surface area (Å²) in [4.78, 5) is 32.9. The number of nitrogens with zero attached hydrogens (tertiary/aromatic N) is 6. The standard InChI is InChI=1S/C27H28N6O3/c1-18(2)25-23(17-28-26-24(19(3)29-32(25)26)20-7-5-4-6-8-20)27(34)31-15-13-30(14-16-31)21-9-11-22(12-10-21)33(35)36/h4-12,17-18H,13-16H2,1-3H3. The minimum atomic E-state index is -0.401. The number of hydrogen-bond donors (Lipinski definition) is 0. The third kappa shape index (κ3) is 4.17. The average molecular weight is 485 g/mol. The van der Waals surface area contributed by atoms with E-state index in [1.165, 1.54) is 12.1 Å². The Bertz CT molecular complexity index is 1420. The van der Waals surface area contributed by atoms with E-state index in [4.69, 9.17) is 10.1 Å². The van der Waals surface area contributed by atoms with Crippen LogP contribution in [-0.2, 0) is 0 Å². The van der Waals surface area contributed by atoms with E-state index in [0.717, 1.165) is 33.8 Å². The second kappa shape index (κ2) is 9.41. The number of fused-ring (bicyclic) bond motifs is 1. The van der Waals surface area contributed by atoms with Crippen LogP contribution in [-0.4, -0.2) is 56.5 Å². The van der Waals surface area contributed by atoms with Crippen molar-refractivity contribution in [2.24, 2.45) is 0 Å². The lowest BCUT2D eigenvalue weighted by atomic mass is 10.0. The van der Waals surface area contributed by atoms with Gasteiger partial charge >= 0.3 is 0 Å². The molecular weight excluding hydrogens is 456 g/mol. The van der Waals surface area contributed by atoms with Crippen LogP contribution in [0.5, 0.6) is 0 Å². The van der Waals surface area contributed by atoms with Crippen molar-refractivity contribution in [3.63, 3.8) is 0 Å². The lowest BCUT2D eigenvalue weighted by molar-refractivity contribution is -0.384. The average Bonchev–Trinajstić information content (AvgIpc) is 3.23. The molecule has 3 heterocycles. The maximum Gasteiger partial charge on any atom is 0.269 e. The summed E-state index contributed by atoms with van der Waals surface area (Å²) in [5.74, 6) is 0.0182. The molecule has 36 heavy (non-hydrogen) atoms. The van der Waals surface area contributed by atoms with E-state index in [1.54, 1.807) is 18.3 Å². The Hall–Kier alpha value is -4.27. The van der Waals surface area contributed by atoms with Gasteiger partial charge in [0, 0.05) is 55.8 Å². The molecule has 184 valence electrons. The summed E-state index contributed by atoms with van der Waals surface area (Å²) in [5, 5.41) is 15.7. The van der Waals surface area contributed by atoms with E-state index in [9.17, 15) is 14.9 Å². The number of non-ortho nitro benzene ring substituents is 1. The van der Waals surface area contributed by atoms with Crippen LogP contribution in [0.4, 0.5) is 11.4 Å². The minimum Gasteiger partial charge on any atom is -0.368 e. The molecule has 1 aliphatic heterocycles. The lowest BCUT2D eigenvalue weighted by Gasteiger charge is -2.36. The van der Waals surface area contributed by atoms with Crippen LogP contribution in [0.25, 0.3) is 16.8 Å². The summed E-state index contributed by atoms with van der Waals surface area (Å²) < 4.78 is 1.84. The maximum absolute atomic E-state index is 13.6. The van der Waals surface area contributed by atoms with Gasteiger partial charge in [0.1, 0.15) is 0 Å². The predicted molar refractivity (Wildman–Crippen MR) is 138 cm³/mol. The third-order valence-electron chi connectivity index (χ3n) is 6.69.